The van der Waals surface area contributed by atoms with E-state index in [1.54, 1.807) is 36.4 Å². The second-order valence-corrected chi connectivity index (χ2v) is 2.65. The van der Waals surface area contributed by atoms with E-state index in [-0.39, 0.29) is 57.1 Å². The van der Waals surface area contributed by atoms with E-state index in [1.807, 2.05) is 12.1 Å². The zero-order valence-corrected chi connectivity index (χ0v) is 11.8. The van der Waals surface area contributed by atoms with Crippen LogP contribution in [0.5, 0.6) is 11.5 Å². The Balaban J connectivity index is 0.000000245. The fourth-order valence-electron chi connectivity index (χ4n) is 0.848. The summed E-state index contributed by atoms with van der Waals surface area (Å²) < 4.78 is 0. The van der Waals surface area contributed by atoms with E-state index >= 15 is 0 Å². The van der Waals surface area contributed by atoms with Gasteiger partial charge in [0.05, 0.1) is 0 Å². The van der Waals surface area contributed by atoms with E-state index < -0.39 is 0 Å². The van der Waals surface area contributed by atoms with Crippen LogP contribution in [-0.4, -0.2) is 5.11 Å². The Labute approximate surface area is 132 Å². The number of hydrogen-bond acceptors (Lipinski definition) is 2. The van der Waals surface area contributed by atoms with Crippen LogP contribution >= 0.6 is 0 Å². The van der Waals surface area contributed by atoms with Crippen LogP contribution in [-0.2, 0) is 0 Å². The summed E-state index contributed by atoms with van der Waals surface area (Å²) in [5, 5.41) is 18.9. The van der Waals surface area contributed by atoms with Gasteiger partial charge in [0.15, 0.2) is 0 Å². The molecule has 0 saturated carbocycles. The Hall–Kier alpha value is -0.324. The zero-order valence-electron chi connectivity index (χ0n) is 8.63. The van der Waals surface area contributed by atoms with Gasteiger partial charge in [-0.15, -0.1) is 5.75 Å². The number of phenolic OH excluding ortho intramolecular Hbond substituents is 1. The van der Waals surface area contributed by atoms with Crippen molar-refractivity contribution in [2.24, 2.45) is 0 Å². The van der Waals surface area contributed by atoms with Gasteiger partial charge < -0.3 is 10.2 Å². The SMILES string of the molecule is Oc1ccccc1.[K+].[O-]c1ccccc1. The molecule has 0 bridgehead atoms. The zero-order chi connectivity index (χ0) is 10.2. The first-order chi connectivity index (χ1) is 6.79. The molecule has 1 N–H and O–H groups in total. The first kappa shape index (κ1) is 14.7. The second kappa shape index (κ2) is 8.94. The van der Waals surface area contributed by atoms with Crippen molar-refractivity contribution in [1.29, 1.82) is 0 Å². The number of phenols is 1. The van der Waals surface area contributed by atoms with E-state index in [0.29, 0.717) is 5.75 Å². The largest absolute Gasteiger partial charge is 1.00 e. The summed E-state index contributed by atoms with van der Waals surface area (Å²) in [5.41, 5.74) is 0. The summed E-state index contributed by atoms with van der Waals surface area (Å²) in [5.74, 6) is 0.394. The monoisotopic (exact) mass is 226 g/mol. The molecule has 72 valence electrons. The minimum atomic E-state index is 0. The predicted octanol–water partition coefficient (Wildman–Crippen LogP) is -0.844. The van der Waals surface area contributed by atoms with Crippen LogP contribution in [0.1, 0.15) is 0 Å². The van der Waals surface area contributed by atoms with Crippen LogP contribution in [0.3, 0.4) is 0 Å². The van der Waals surface area contributed by atoms with Crippen LogP contribution in [0.4, 0.5) is 0 Å². The maximum atomic E-state index is 10.3. The number of benzene rings is 2. The van der Waals surface area contributed by atoms with Gasteiger partial charge >= 0.3 is 51.4 Å². The second-order valence-electron chi connectivity index (χ2n) is 2.65. The molecule has 3 heteroatoms. The summed E-state index contributed by atoms with van der Waals surface area (Å²) in [6.45, 7) is 0. The Morgan fingerprint density at radius 2 is 1.13 bits per heavy atom. The van der Waals surface area contributed by atoms with Crippen molar-refractivity contribution < 1.29 is 61.6 Å². The summed E-state index contributed by atoms with van der Waals surface area (Å²) in [6.07, 6.45) is 0. The molecular weight excluding hydrogens is 215 g/mol. The molecule has 0 aliphatic rings. The minimum Gasteiger partial charge on any atom is -0.872 e. The summed E-state index contributed by atoms with van der Waals surface area (Å²) in [4.78, 5) is 0. The normalized spacial score (nSPS) is 8.00. The van der Waals surface area contributed by atoms with Crippen molar-refractivity contribution in [2.75, 3.05) is 0 Å². The fraction of sp³-hybridized carbons (Fsp3) is 0. The molecule has 0 heterocycles. The van der Waals surface area contributed by atoms with Gasteiger partial charge in [0, 0.05) is 0 Å². The van der Waals surface area contributed by atoms with E-state index in [0.717, 1.165) is 0 Å². The van der Waals surface area contributed by atoms with Crippen molar-refractivity contribution in [3.8, 4) is 11.5 Å². The molecule has 2 aromatic carbocycles. The summed E-state index contributed by atoms with van der Waals surface area (Å²) in [6, 6.07) is 17.0. The van der Waals surface area contributed by atoms with Crippen LogP contribution in [0.25, 0.3) is 0 Å². The van der Waals surface area contributed by atoms with E-state index in [4.69, 9.17) is 5.11 Å². The molecular formula is C12H11KO2. The molecule has 0 atom stereocenters. The molecule has 0 aromatic heterocycles. The molecule has 0 unspecified atom stereocenters. The molecule has 0 fully saturated rings. The Bertz CT molecular complexity index is 311. The molecule has 0 saturated heterocycles. The van der Waals surface area contributed by atoms with Gasteiger partial charge in [-0.3, -0.25) is 0 Å². The minimum absolute atomic E-state index is 0. The summed E-state index contributed by atoms with van der Waals surface area (Å²) in [7, 11) is 0. The van der Waals surface area contributed by atoms with Gasteiger partial charge in [-0.05, 0) is 12.1 Å². The standard InChI is InChI=1S/2C6H6O.K/c2*7-6-4-2-1-3-5-6;/h2*1-5,7H;/q;;+1/p-1. The van der Waals surface area contributed by atoms with Crippen molar-refractivity contribution >= 4 is 0 Å². The topological polar surface area (TPSA) is 43.3 Å². The molecule has 0 aliphatic carbocycles. The number of hydrogen-bond donors (Lipinski definition) is 1. The van der Waals surface area contributed by atoms with Crippen molar-refractivity contribution in [2.45, 2.75) is 0 Å². The maximum absolute atomic E-state index is 10.3. The van der Waals surface area contributed by atoms with Gasteiger partial charge in [-0.2, -0.15) is 0 Å². The van der Waals surface area contributed by atoms with Crippen LogP contribution in [0.2, 0.25) is 0 Å². The smallest absolute Gasteiger partial charge is 0.872 e. The maximum Gasteiger partial charge on any atom is 1.00 e. The third kappa shape index (κ3) is 7.59. The van der Waals surface area contributed by atoms with E-state index in [2.05, 4.69) is 0 Å². The Kier molecular flexibility index (Phi) is 8.75. The van der Waals surface area contributed by atoms with Gasteiger partial charge in [-0.25, -0.2) is 0 Å². The van der Waals surface area contributed by atoms with E-state index in [1.165, 1.54) is 12.1 Å². The van der Waals surface area contributed by atoms with Gasteiger partial charge in [0.1, 0.15) is 5.75 Å². The molecule has 0 radical (unpaired) electrons. The third-order valence-electron chi connectivity index (χ3n) is 1.50. The van der Waals surface area contributed by atoms with Gasteiger partial charge in [-0.1, -0.05) is 48.5 Å². The van der Waals surface area contributed by atoms with Crippen LogP contribution in [0, 0.1) is 0 Å². The van der Waals surface area contributed by atoms with Crippen molar-refractivity contribution in [3.05, 3.63) is 60.7 Å². The average molecular weight is 226 g/mol. The number of rotatable bonds is 0. The molecule has 0 spiro atoms. The van der Waals surface area contributed by atoms with Crippen molar-refractivity contribution in [3.63, 3.8) is 0 Å². The number of para-hydroxylation sites is 2. The van der Waals surface area contributed by atoms with Crippen molar-refractivity contribution in [1.82, 2.24) is 0 Å². The van der Waals surface area contributed by atoms with Crippen LogP contribution < -0.4 is 56.5 Å². The molecule has 0 amide bonds. The number of aromatic hydroxyl groups is 1. The Morgan fingerprint density at radius 3 is 1.33 bits per heavy atom. The first-order valence-corrected chi connectivity index (χ1v) is 4.25. The van der Waals surface area contributed by atoms with Crippen LogP contribution in [0.15, 0.2) is 60.7 Å². The molecule has 2 rings (SSSR count). The fourth-order valence-corrected chi connectivity index (χ4v) is 0.848. The quantitative estimate of drug-likeness (QED) is 0.595. The predicted molar refractivity (Wildman–Crippen MR) is 54.0 cm³/mol. The van der Waals surface area contributed by atoms with Gasteiger partial charge in [0.2, 0.25) is 0 Å². The molecule has 2 aromatic rings. The Morgan fingerprint density at radius 1 is 0.733 bits per heavy atom. The van der Waals surface area contributed by atoms with E-state index in [9.17, 15) is 5.11 Å². The first-order valence-electron chi connectivity index (χ1n) is 4.25. The molecule has 15 heavy (non-hydrogen) atoms. The average Bonchev–Trinajstić information content (AvgIpc) is 2.21. The molecule has 2 nitrogen and oxygen atoms in total. The third-order valence-corrected chi connectivity index (χ3v) is 1.50. The summed E-state index contributed by atoms with van der Waals surface area (Å²) >= 11 is 0. The van der Waals surface area contributed by atoms with Gasteiger partial charge in [0.25, 0.3) is 0 Å². The molecule has 0 aliphatic heterocycles.